The molecule has 1 unspecified atom stereocenters. The molecule has 214 valence electrons. The fraction of sp³-hybridized carbons (Fsp3) is 0.565. The summed E-state index contributed by atoms with van der Waals surface area (Å²) in [5.74, 6) is -6.73. The molecule has 0 aromatic heterocycles. The van der Waals surface area contributed by atoms with E-state index in [0.29, 0.717) is 18.5 Å². The molecule has 12 nitrogen and oxygen atoms in total. The lowest BCUT2D eigenvalue weighted by Crippen LogP contribution is -2.50. The zero-order chi connectivity index (χ0) is 29.5. The molecule has 0 saturated carbocycles. The second-order valence-electron chi connectivity index (χ2n) is 8.13. The van der Waals surface area contributed by atoms with Crippen LogP contribution in [0.2, 0.25) is 0 Å². The number of nitrogens with zero attached hydrogens (tertiary/aromatic N) is 1. The van der Waals surface area contributed by atoms with Gasteiger partial charge in [-0.1, -0.05) is 39.3 Å². The van der Waals surface area contributed by atoms with Gasteiger partial charge < -0.3 is 31.3 Å². The summed E-state index contributed by atoms with van der Waals surface area (Å²) in [6.07, 6.45) is -2.31. The molecule has 5 N–H and O–H groups in total. The van der Waals surface area contributed by atoms with Gasteiger partial charge in [0.05, 0.1) is 18.8 Å². The number of hydrogen-bond acceptors (Lipinski definition) is 8. The Labute approximate surface area is 218 Å². The van der Waals surface area contributed by atoms with E-state index >= 15 is 0 Å². The first kappa shape index (κ1) is 34.2. The molecule has 0 spiro atoms. The van der Waals surface area contributed by atoms with Crippen molar-refractivity contribution < 1.29 is 46.7 Å². The molecule has 0 radical (unpaired) electrons. The van der Waals surface area contributed by atoms with Gasteiger partial charge >= 0.3 is 18.1 Å². The normalized spacial score (nSPS) is 12.0. The molecule has 0 aromatic rings. The van der Waals surface area contributed by atoms with E-state index in [2.05, 4.69) is 27.3 Å². The smallest absolute Gasteiger partial charge is 0.383 e. The summed E-state index contributed by atoms with van der Waals surface area (Å²) in [5.41, 5.74) is 4.85. The Bertz CT molecular complexity index is 918. The highest BCUT2D eigenvalue weighted by molar-refractivity contribution is 6.00. The van der Waals surface area contributed by atoms with Gasteiger partial charge in [0.25, 0.3) is 5.91 Å². The van der Waals surface area contributed by atoms with Gasteiger partial charge in [0, 0.05) is 19.7 Å². The van der Waals surface area contributed by atoms with Gasteiger partial charge in [0.1, 0.15) is 6.04 Å². The summed E-state index contributed by atoms with van der Waals surface area (Å²) in [5, 5.41) is 7.25. The molecule has 15 heteroatoms. The van der Waals surface area contributed by atoms with Crippen LogP contribution < -0.4 is 21.7 Å². The van der Waals surface area contributed by atoms with Crippen LogP contribution in [0.25, 0.3) is 0 Å². The van der Waals surface area contributed by atoms with Crippen LogP contribution in [0.4, 0.5) is 13.2 Å². The van der Waals surface area contributed by atoms with Gasteiger partial charge in [-0.05, 0) is 18.8 Å². The van der Waals surface area contributed by atoms with Crippen LogP contribution in [0, 0.1) is 5.92 Å². The van der Waals surface area contributed by atoms with Crippen molar-refractivity contribution in [3.8, 4) is 0 Å². The van der Waals surface area contributed by atoms with Gasteiger partial charge in [-0.15, -0.1) is 0 Å². The monoisotopic (exact) mass is 549 g/mol. The van der Waals surface area contributed by atoms with Gasteiger partial charge in [0.2, 0.25) is 17.7 Å². The Morgan fingerprint density at radius 3 is 2.21 bits per heavy atom. The number of esters is 2. The Kier molecular flexibility index (Phi) is 15.2. The molecule has 0 aromatic carbocycles. The molecular formula is C23H34F3N5O7. The summed E-state index contributed by atoms with van der Waals surface area (Å²) in [7, 11) is 1.33. The number of nitrogens with two attached hydrogens (primary N) is 1. The van der Waals surface area contributed by atoms with E-state index in [1.807, 2.05) is 13.8 Å². The lowest BCUT2D eigenvalue weighted by atomic mass is 10.0. The molecule has 0 aliphatic heterocycles. The Balaban J connectivity index is 4.99. The predicted molar refractivity (Wildman–Crippen MR) is 129 cm³/mol. The summed E-state index contributed by atoms with van der Waals surface area (Å²) >= 11 is 0. The maximum atomic E-state index is 12.6. The number of alkyl halides is 3. The predicted octanol–water partition coefficient (Wildman–Crippen LogP) is 0.0391. The maximum Gasteiger partial charge on any atom is 0.491 e. The number of amides is 4. The number of rotatable bonds is 15. The number of carbonyl (C=O) groups is 6. The van der Waals surface area contributed by atoms with Crippen molar-refractivity contribution in [2.24, 2.45) is 11.7 Å². The van der Waals surface area contributed by atoms with E-state index < -0.39 is 54.3 Å². The molecular weight excluding hydrogens is 515 g/mol. The molecule has 1 atom stereocenters. The third-order valence-electron chi connectivity index (χ3n) is 5.14. The van der Waals surface area contributed by atoms with Gasteiger partial charge in [-0.3, -0.25) is 19.2 Å². The Morgan fingerprint density at radius 1 is 1.08 bits per heavy atom. The van der Waals surface area contributed by atoms with Crippen molar-refractivity contribution in [1.29, 1.82) is 0 Å². The zero-order valence-electron chi connectivity index (χ0n) is 21.5. The third-order valence-corrected chi connectivity index (χ3v) is 5.14. The summed E-state index contributed by atoms with van der Waals surface area (Å²) < 4.78 is 39.9. The van der Waals surface area contributed by atoms with E-state index in [-0.39, 0.29) is 25.1 Å². The molecule has 0 bridgehead atoms. The minimum atomic E-state index is -5.34. The zero-order valence-corrected chi connectivity index (χ0v) is 21.5. The number of likely N-dealkylation sites (N-methyl/N-ethyl adjacent to an activating group) is 1. The fourth-order valence-electron chi connectivity index (χ4n) is 2.85. The fourth-order valence-corrected chi connectivity index (χ4v) is 2.85. The molecule has 0 aliphatic rings. The average Bonchev–Trinajstić information content (AvgIpc) is 2.84. The van der Waals surface area contributed by atoms with Crippen molar-refractivity contribution in [3.05, 3.63) is 24.4 Å². The van der Waals surface area contributed by atoms with Gasteiger partial charge in [-0.25, -0.2) is 9.59 Å². The molecule has 4 amide bonds. The quantitative estimate of drug-likeness (QED) is 0.126. The van der Waals surface area contributed by atoms with Gasteiger partial charge in [-0.2, -0.15) is 13.2 Å². The van der Waals surface area contributed by atoms with Crippen LogP contribution in [-0.4, -0.2) is 79.4 Å². The van der Waals surface area contributed by atoms with Crippen LogP contribution in [0.3, 0.4) is 0 Å². The third kappa shape index (κ3) is 13.5. The molecule has 38 heavy (non-hydrogen) atoms. The molecule has 0 heterocycles. The summed E-state index contributed by atoms with van der Waals surface area (Å²) in [4.78, 5) is 71.9. The topological polar surface area (TPSA) is 177 Å². The number of allylic oxidation sites excluding steroid dienone is 1. The standard InChI is InChI=1S/C23H34F3N5O7/c1-5-15(6-2)12-28-18(33)13-31(4)21(36)14(3)29-20(35)16(30-17(32)11-27)9-7-8-10-19(34)38-22(37)23(24,25)26/h8,10,15-16H,3,5-7,9,11-13,27H2,1-2,4H3,(H,28,33)(H,29,35)(H,30,32). The highest BCUT2D eigenvalue weighted by atomic mass is 19.4. The van der Waals surface area contributed by atoms with Crippen LogP contribution in [0.1, 0.15) is 39.5 Å². The average molecular weight is 550 g/mol. The second-order valence-corrected chi connectivity index (χ2v) is 8.13. The van der Waals surface area contributed by atoms with Crippen molar-refractivity contribution >= 4 is 35.6 Å². The number of ether oxygens (including phenoxy) is 1. The van der Waals surface area contributed by atoms with Crippen LogP contribution in [0.15, 0.2) is 24.4 Å². The summed E-state index contributed by atoms with van der Waals surface area (Å²) in [6.45, 7) is 7.17. The van der Waals surface area contributed by atoms with Crippen LogP contribution in [0.5, 0.6) is 0 Å². The lowest BCUT2D eigenvalue weighted by molar-refractivity contribution is -0.200. The maximum absolute atomic E-state index is 12.6. The van der Waals surface area contributed by atoms with Crippen molar-refractivity contribution in [2.75, 3.05) is 26.7 Å². The first-order valence-corrected chi connectivity index (χ1v) is 11.7. The lowest BCUT2D eigenvalue weighted by Gasteiger charge is -2.21. The van der Waals surface area contributed by atoms with Crippen LogP contribution >= 0.6 is 0 Å². The SMILES string of the molecule is C=C(NC(=O)C(CCC=CC(=O)OC(=O)C(F)(F)F)NC(=O)CN)C(=O)N(C)CC(=O)NCC(CC)CC. The Morgan fingerprint density at radius 2 is 1.68 bits per heavy atom. The number of halogens is 3. The molecule has 0 aliphatic carbocycles. The van der Waals surface area contributed by atoms with E-state index in [0.717, 1.165) is 23.8 Å². The van der Waals surface area contributed by atoms with E-state index in [1.54, 1.807) is 0 Å². The molecule has 0 fully saturated rings. The summed E-state index contributed by atoms with van der Waals surface area (Å²) in [6, 6.07) is -1.28. The molecule has 0 rings (SSSR count). The molecule has 0 saturated heterocycles. The number of hydrogen-bond donors (Lipinski definition) is 4. The number of carbonyl (C=O) groups excluding carboxylic acids is 6. The minimum absolute atomic E-state index is 0.130. The van der Waals surface area contributed by atoms with E-state index in [1.165, 1.54) is 7.05 Å². The van der Waals surface area contributed by atoms with Crippen molar-refractivity contribution in [3.63, 3.8) is 0 Å². The largest absolute Gasteiger partial charge is 0.491 e. The van der Waals surface area contributed by atoms with Crippen molar-refractivity contribution in [1.82, 2.24) is 20.9 Å². The first-order valence-electron chi connectivity index (χ1n) is 11.7. The van der Waals surface area contributed by atoms with E-state index in [9.17, 15) is 41.9 Å². The Hall–Kier alpha value is -3.75. The highest BCUT2D eigenvalue weighted by Gasteiger charge is 2.42. The number of nitrogens with one attached hydrogen (secondary N) is 3. The minimum Gasteiger partial charge on any atom is -0.383 e. The van der Waals surface area contributed by atoms with Crippen molar-refractivity contribution in [2.45, 2.75) is 51.7 Å². The van der Waals surface area contributed by atoms with Gasteiger partial charge in [0.15, 0.2) is 0 Å². The first-order chi connectivity index (χ1) is 17.7. The van der Waals surface area contributed by atoms with E-state index in [4.69, 9.17) is 5.73 Å². The highest BCUT2D eigenvalue weighted by Crippen LogP contribution is 2.16. The second kappa shape index (κ2) is 16.9. The van der Waals surface area contributed by atoms with Crippen LogP contribution in [-0.2, 0) is 33.5 Å².